The molecule has 8 rings (SSSR count). The normalized spacial score (nSPS) is 28.7. The standard InChI is InChI=1S/C49H69N5O10S/c1-6-38-42-36(37-28-35(15-16-39(37)50-38)62-24-12-21-53-22-25-61-26-23-53)17-18-48(64-42)30-40-43(56)51-49(45(58)52-65(59,60)47(5)19-20-47)29-34(49)14-11-9-7-8-10-13-33(44(57)54(40)31-48)27-41(55)63-32-46(2,3)4/h11,14-16,28,33-34,40H,6-10,12-13,17-27,29-32H2,1-5H3,(H,51,56)(H,52,58)/b14-11-/t33-,34-,40+,48-,49-/m1/s1. The Hall–Kier alpha value is -4.28. The molecule has 2 saturated heterocycles. The minimum atomic E-state index is -4.00. The minimum absolute atomic E-state index is 0.0830. The highest BCUT2D eigenvalue weighted by atomic mass is 32.2. The van der Waals surface area contributed by atoms with Crippen molar-refractivity contribution < 1.29 is 46.5 Å². The molecule has 2 aliphatic carbocycles. The van der Waals surface area contributed by atoms with Gasteiger partial charge in [0, 0.05) is 48.8 Å². The molecule has 4 aliphatic heterocycles. The van der Waals surface area contributed by atoms with Gasteiger partial charge in [-0.15, -0.1) is 0 Å². The van der Waals surface area contributed by atoms with Crippen LogP contribution >= 0.6 is 0 Å². The number of esters is 1. The van der Waals surface area contributed by atoms with Crippen molar-refractivity contribution in [2.75, 3.05) is 52.6 Å². The van der Waals surface area contributed by atoms with E-state index in [1.807, 2.05) is 58.0 Å². The maximum absolute atomic E-state index is 15.0. The van der Waals surface area contributed by atoms with Crippen LogP contribution in [0.15, 0.2) is 30.4 Å². The molecule has 2 N–H and O–H groups in total. The zero-order valence-corrected chi connectivity index (χ0v) is 39.8. The molecule has 16 heteroatoms. The van der Waals surface area contributed by atoms with E-state index in [0.29, 0.717) is 63.7 Å². The number of nitrogens with one attached hydrogen (secondary N) is 2. The van der Waals surface area contributed by atoms with Crippen LogP contribution in [0.1, 0.15) is 123 Å². The van der Waals surface area contributed by atoms with Crippen LogP contribution in [-0.2, 0) is 51.5 Å². The molecule has 356 valence electrons. The summed E-state index contributed by atoms with van der Waals surface area (Å²) in [5.41, 5.74) is -0.133. The maximum atomic E-state index is 15.0. The molecular formula is C49H69N5O10S. The first-order valence-electron chi connectivity index (χ1n) is 24.0. The van der Waals surface area contributed by atoms with E-state index < -0.39 is 61.6 Å². The largest absolute Gasteiger partial charge is 0.494 e. The van der Waals surface area contributed by atoms with Gasteiger partial charge in [-0.05, 0) is 94.7 Å². The summed E-state index contributed by atoms with van der Waals surface area (Å²) in [7, 11) is -4.00. The van der Waals surface area contributed by atoms with Crippen molar-refractivity contribution in [3.8, 4) is 11.5 Å². The van der Waals surface area contributed by atoms with Gasteiger partial charge in [-0.25, -0.2) is 13.4 Å². The topological polar surface area (TPSA) is 183 Å². The van der Waals surface area contributed by atoms with Crippen molar-refractivity contribution in [1.82, 2.24) is 24.8 Å². The first-order chi connectivity index (χ1) is 30.9. The molecule has 3 amide bonds. The molecule has 1 spiro atoms. The fraction of sp³-hybridized carbons (Fsp3) is 0.694. The lowest BCUT2D eigenvalue weighted by Gasteiger charge is -2.37. The van der Waals surface area contributed by atoms with Crippen molar-refractivity contribution in [3.05, 3.63) is 41.6 Å². The highest BCUT2D eigenvalue weighted by Crippen LogP contribution is 2.49. The lowest BCUT2D eigenvalue weighted by molar-refractivity contribution is -0.152. The summed E-state index contributed by atoms with van der Waals surface area (Å²) >= 11 is 0. The van der Waals surface area contributed by atoms with Gasteiger partial charge in [-0.3, -0.25) is 28.8 Å². The van der Waals surface area contributed by atoms with E-state index in [1.54, 1.807) is 11.8 Å². The molecule has 1 aromatic carbocycles. The number of carbonyl (C=O) groups excluding carboxylic acids is 4. The zero-order chi connectivity index (χ0) is 46.2. The molecule has 5 heterocycles. The van der Waals surface area contributed by atoms with Crippen molar-refractivity contribution in [3.63, 3.8) is 0 Å². The number of morpholine rings is 1. The molecule has 15 nitrogen and oxygen atoms in total. The molecule has 2 saturated carbocycles. The van der Waals surface area contributed by atoms with Gasteiger partial charge in [0.25, 0.3) is 5.91 Å². The quantitative estimate of drug-likeness (QED) is 0.154. The van der Waals surface area contributed by atoms with Crippen LogP contribution in [-0.4, -0.2) is 121 Å². The van der Waals surface area contributed by atoms with Crippen LogP contribution < -0.4 is 19.5 Å². The average Bonchev–Trinajstić information content (AvgIpc) is 4.17. The van der Waals surface area contributed by atoms with Crippen LogP contribution in [0.2, 0.25) is 0 Å². The summed E-state index contributed by atoms with van der Waals surface area (Å²) < 4.78 is 52.5. The Labute approximate surface area is 384 Å². The van der Waals surface area contributed by atoms with E-state index >= 15 is 4.79 Å². The van der Waals surface area contributed by atoms with Crippen LogP contribution in [0, 0.1) is 17.3 Å². The number of rotatable bonds is 12. The van der Waals surface area contributed by atoms with Crippen LogP contribution in [0.5, 0.6) is 11.5 Å². The van der Waals surface area contributed by atoms with E-state index in [9.17, 15) is 22.8 Å². The molecule has 65 heavy (non-hydrogen) atoms. The van der Waals surface area contributed by atoms with Crippen LogP contribution in [0.25, 0.3) is 10.9 Å². The third kappa shape index (κ3) is 10.5. The van der Waals surface area contributed by atoms with Crippen LogP contribution in [0.3, 0.4) is 0 Å². The highest BCUT2D eigenvalue weighted by Gasteiger charge is 2.64. The monoisotopic (exact) mass is 919 g/mol. The summed E-state index contributed by atoms with van der Waals surface area (Å²) in [6, 6.07) is 4.91. The molecule has 1 aromatic heterocycles. The molecule has 0 unspecified atom stereocenters. The number of hydrogen-bond acceptors (Lipinski definition) is 12. The van der Waals surface area contributed by atoms with Crippen molar-refractivity contribution >= 4 is 44.6 Å². The summed E-state index contributed by atoms with van der Waals surface area (Å²) in [5.74, 6) is -1.90. The third-order valence-electron chi connectivity index (χ3n) is 14.4. The number of allylic oxidation sites excluding steroid dienone is 1. The van der Waals surface area contributed by atoms with Gasteiger partial charge in [-0.2, -0.15) is 0 Å². The van der Waals surface area contributed by atoms with Gasteiger partial charge in [0.15, 0.2) is 0 Å². The van der Waals surface area contributed by atoms with E-state index in [4.69, 9.17) is 23.9 Å². The Morgan fingerprint density at radius 2 is 1.85 bits per heavy atom. The molecule has 0 radical (unpaired) electrons. The second kappa shape index (κ2) is 18.8. The van der Waals surface area contributed by atoms with Crippen molar-refractivity contribution in [1.29, 1.82) is 0 Å². The van der Waals surface area contributed by atoms with Gasteiger partial charge in [0.2, 0.25) is 21.8 Å². The Balaban J connectivity index is 1.08. The number of sulfonamides is 1. The van der Waals surface area contributed by atoms with Gasteiger partial charge in [0.1, 0.15) is 28.7 Å². The Bertz CT molecular complexity index is 2280. The third-order valence-corrected chi connectivity index (χ3v) is 16.5. The van der Waals surface area contributed by atoms with Crippen LogP contribution in [0.4, 0.5) is 0 Å². The number of pyridine rings is 1. The second-order valence-electron chi connectivity index (χ2n) is 20.9. The number of carbonyl (C=O) groups is 4. The lowest BCUT2D eigenvalue weighted by Crippen LogP contribution is -2.57. The van der Waals surface area contributed by atoms with Gasteiger partial charge in [-0.1, -0.05) is 52.7 Å². The molecule has 2 aromatic rings. The van der Waals surface area contributed by atoms with E-state index in [1.165, 1.54) is 0 Å². The molecule has 5 atom stereocenters. The number of nitrogens with zero attached hydrogens (tertiary/aromatic N) is 3. The van der Waals surface area contributed by atoms with Crippen molar-refractivity contribution in [2.24, 2.45) is 17.3 Å². The summed E-state index contributed by atoms with van der Waals surface area (Å²) in [5, 5.41) is 3.94. The average molecular weight is 920 g/mol. The number of fused-ring (bicyclic) bond motifs is 5. The summed E-state index contributed by atoms with van der Waals surface area (Å²) in [4.78, 5) is 66.4. The SMILES string of the molecule is CCc1nc2ccc(OCCCN3CCOCC3)cc2c2c1O[C@]1(CC2)C[C@H]2C(=O)N[C@]3(C(=O)NS(=O)(=O)C4(C)CC4)C[C@H]3/C=C\CCCCC[C@H](CC(=O)OCC(C)(C)C)C(=O)N2C1. The Kier molecular flexibility index (Phi) is 13.6. The summed E-state index contributed by atoms with van der Waals surface area (Å²) in [6.07, 6.45) is 11.1. The van der Waals surface area contributed by atoms with Gasteiger partial charge < -0.3 is 29.2 Å². The first kappa shape index (κ1) is 47.2. The number of aryl methyl sites for hydroxylation is 2. The number of hydrogen-bond donors (Lipinski definition) is 2. The van der Waals surface area contributed by atoms with E-state index in [-0.39, 0.29) is 43.7 Å². The zero-order valence-electron chi connectivity index (χ0n) is 39.0. The molecule has 6 aliphatic rings. The Morgan fingerprint density at radius 1 is 1.06 bits per heavy atom. The molecular weight excluding hydrogens is 851 g/mol. The maximum Gasteiger partial charge on any atom is 0.306 e. The summed E-state index contributed by atoms with van der Waals surface area (Å²) in [6.45, 7) is 14.7. The number of ether oxygens (including phenoxy) is 4. The number of amides is 3. The first-order valence-corrected chi connectivity index (χ1v) is 25.5. The number of aromatic nitrogens is 1. The highest BCUT2D eigenvalue weighted by molar-refractivity contribution is 7.91. The second-order valence-corrected chi connectivity index (χ2v) is 23.1. The molecule has 4 fully saturated rings. The fourth-order valence-electron chi connectivity index (χ4n) is 9.90. The minimum Gasteiger partial charge on any atom is -0.494 e. The Morgan fingerprint density at radius 3 is 2.58 bits per heavy atom. The predicted octanol–water partition coefficient (Wildman–Crippen LogP) is 5.55. The van der Waals surface area contributed by atoms with E-state index in [2.05, 4.69) is 14.9 Å². The number of benzene rings is 1. The van der Waals surface area contributed by atoms with Crippen molar-refractivity contribution in [2.45, 2.75) is 146 Å². The lowest BCUT2D eigenvalue weighted by atomic mass is 9.87. The fourth-order valence-corrected chi connectivity index (χ4v) is 11.2. The smallest absolute Gasteiger partial charge is 0.306 e. The van der Waals surface area contributed by atoms with Gasteiger partial charge in [0.05, 0.1) is 55.4 Å². The van der Waals surface area contributed by atoms with Gasteiger partial charge >= 0.3 is 5.97 Å². The molecule has 0 bridgehead atoms. The predicted molar refractivity (Wildman–Crippen MR) is 245 cm³/mol. The van der Waals surface area contributed by atoms with E-state index in [0.717, 1.165) is 80.0 Å².